The second-order valence-corrected chi connectivity index (χ2v) is 8.20. The molecule has 0 radical (unpaired) electrons. The van der Waals surface area contributed by atoms with Crippen molar-refractivity contribution in [1.82, 2.24) is 4.31 Å². The SMILES string of the molecule is O=[N+]([O-])c1ccccc1C[NH+]1CCN(S(=O)(=O)c2cc(F)ccc2F)CC1. The van der Waals surface area contributed by atoms with E-state index < -0.39 is 31.5 Å². The summed E-state index contributed by atoms with van der Waals surface area (Å²) in [4.78, 5) is 11.0. The first-order chi connectivity index (χ1) is 12.8. The minimum absolute atomic E-state index is 0.0295. The topological polar surface area (TPSA) is 85.0 Å². The van der Waals surface area contributed by atoms with Gasteiger partial charge in [0, 0.05) is 6.07 Å². The van der Waals surface area contributed by atoms with Crippen LogP contribution in [-0.4, -0.2) is 43.8 Å². The summed E-state index contributed by atoms with van der Waals surface area (Å²) >= 11 is 0. The van der Waals surface area contributed by atoms with Gasteiger partial charge in [0.25, 0.3) is 5.69 Å². The molecule has 3 rings (SSSR count). The first-order valence-electron chi connectivity index (χ1n) is 8.30. The second-order valence-electron chi connectivity index (χ2n) is 6.29. The highest BCUT2D eigenvalue weighted by molar-refractivity contribution is 7.89. The minimum atomic E-state index is -4.14. The van der Waals surface area contributed by atoms with Crippen LogP contribution in [0.15, 0.2) is 47.4 Å². The number of hydrogen-bond donors (Lipinski definition) is 1. The van der Waals surface area contributed by atoms with E-state index in [0.29, 0.717) is 31.3 Å². The van der Waals surface area contributed by atoms with E-state index in [9.17, 15) is 27.3 Å². The van der Waals surface area contributed by atoms with Gasteiger partial charge in [0.2, 0.25) is 10.0 Å². The first-order valence-corrected chi connectivity index (χ1v) is 9.74. The van der Waals surface area contributed by atoms with Gasteiger partial charge in [-0.1, -0.05) is 12.1 Å². The van der Waals surface area contributed by atoms with Crippen LogP contribution in [-0.2, 0) is 16.6 Å². The first kappa shape index (κ1) is 19.3. The third-order valence-corrected chi connectivity index (χ3v) is 6.48. The van der Waals surface area contributed by atoms with Crippen LogP contribution in [0, 0.1) is 21.7 Å². The number of quaternary nitrogens is 1. The summed E-state index contributed by atoms with van der Waals surface area (Å²) in [6.45, 7) is 1.44. The van der Waals surface area contributed by atoms with Gasteiger partial charge in [-0.25, -0.2) is 17.2 Å². The Labute approximate surface area is 155 Å². The molecule has 1 heterocycles. The zero-order valence-electron chi connectivity index (χ0n) is 14.3. The number of para-hydroxylation sites is 1. The number of piperazine rings is 1. The van der Waals surface area contributed by atoms with Gasteiger partial charge >= 0.3 is 0 Å². The van der Waals surface area contributed by atoms with Crippen molar-refractivity contribution in [2.45, 2.75) is 11.4 Å². The van der Waals surface area contributed by atoms with Crippen LogP contribution in [0.1, 0.15) is 5.56 Å². The molecule has 0 unspecified atom stereocenters. The predicted octanol–water partition coefficient (Wildman–Crippen LogP) is 0.962. The Morgan fingerprint density at radius 2 is 1.78 bits per heavy atom. The normalized spacial score (nSPS) is 16.4. The highest BCUT2D eigenvalue weighted by Gasteiger charge is 2.33. The minimum Gasteiger partial charge on any atom is -0.329 e. The standard InChI is InChI=1S/C17H17F2N3O4S/c18-14-5-6-15(19)17(11-14)27(25,26)21-9-7-20(8-10-21)12-13-3-1-2-4-16(13)22(23)24/h1-6,11H,7-10,12H2/p+1. The van der Waals surface area contributed by atoms with Crippen LogP contribution in [0.2, 0.25) is 0 Å². The lowest BCUT2D eigenvalue weighted by molar-refractivity contribution is -0.917. The van der Waals surface area contributed by atoms with Gasteiger partial charge in [0.1, 0.15) is 23.1 Å². The van der Waals surface area contributed by atoms with Gasteiger partial charge in [-0.2, -0.15) is 4.31 Å². The third kappa shape index (κ3) is 4.12. The summed E-state index contributed by atoms with van der Waals surface area (Å²) in [6.07, 6.45) is 0. The molecule has 0 atom stereocenters. The van der Waals surface area contributed by atoms with Crippen molar-refractivity contribution in [3.05, 3.63) is 69.8 Å². The highest BCUT2D eigenvalue weighted by atomic mass is 32.2. The van der Waals surface area contributed by atoms with E-state index in [1.54, 1.807) is 18.2 Å². The lowest BCUT2D eigenvalue weighted by atomic mass is 10.1. The largest absolute Gasteiger partial charge is 0.329 e. The number of nitro benzene ring substituents is 1. The molecule has 1 fully saturated rings. The molecule has 0 aromatic heterocycles. The monoisotopic (exact) mass is 398 g/mol. The molecule has 1 aliphatic rings. The Morgan fingerprint density at radius 3 is 2.44 bits per heavy atom. The predicted molar refractivity (Wildman–Crippen MR) is 92.6 cm³/mol. The van der Waals surface area contributed by atoms with Crippen molar-refractivity contribution < 1.29 is 27.0 Å². The van der Waals surface area contributed by atoms with E-state index in [-0.39, 0.29) is 18.8 Å². The van der Waals surface area contributed by atoms with Crippen molar-refractivity contribution in [2.24, 2.45) is 0 Å². The van der Waals surface area contributed by atoms with E-state index in [4.69, 9.17) is 0 Å². The zero-order valence-corrected chi connectivity index (χ0v) is 15.1. The van der Waals surface area contributed by atoms with Gasteiger partial charge in [-0.05, 0) is 24.3 Å². The van der Waals surface area contributed by atoms with E-state index in [1.165, 1.54) is 6.07 Å². The molecule has 7 nitrogen and oxygen atoms in total. The van der Waals surface area contributed by atoms with Crippen molar-refractivity contribution in [2.75, 3.05) is 26.2 Å². The van der Waals surface area contributed by atoms with E-state index in [1.807, 2.05) is 0 Å². The molecule has 2 aromatic rings. The number of nitrogens with one attached hydrogen (secondary N) is 1. The molecule has 27 heavy (non-hydrogen) atoms. The third-order valence-electron chi connectivity index (χ3n) is 4.57. The number of hydrogen-bond acceptors (Lipinski definition) is 4. The summed E-state index contributed by atoms with van der Waals surface area (Å²) in [5.41, 5.74) is 0.604. The zero-order chi connectivity index (χ0) is 19.6. The summed E-state index contributed by atoms with van der Waals surface area (Å²) in [6, 6.07) is 8.75. The number of rotatable bonds is 5. The van der Waals surface area contributed by atoms with Gasteiger partial charge in [0.15, 0.2) is 0 Å². The van der Waals surface area contributed by atoms with E-state index >= 15 is 0 Å². The molecular formula is C17H18F2N3O4S+. The van der Waals surface area contributed by atoms with E-state index in [2.05, 4.69) is 0 Å². The molecular weight excluding hydrogens is 380 g/mol. The quantitative estimate of drug-likeness (QED) is 0.601. The van der Waals surface area contributed by atoms with Crippen LogP contribution >= 0.6 is 0 Å². The Balaban J connectivity index is 1.70. The maximum atomic E-state index is 13.9. The summed E-state index contributed by atoms with van der Waals surface area (Å²) in [5, 5.41) is 11.1. The van der Waals surface area contributed by atoms with Crippen molar-refractivity contribution in [3.63, 3.8) is 0 Å². The van der Waals surface area contributed by atoms with Crippen LogP contribution < -0.4 is 4.90 Å². The van der Waals surface area contributed by atoms with Crippen LogP contribution in [0.5, 0.6) is 0 Å². The maximum absolute atomic E-state index is 13.9. The Hall–Kier alpha value is -2.43. The molecule has 144 valence electrons. The summed E-state index contributed by atoms with van der Waals surface area (Å²) < 4.78 is 53.5. The van der Waals surface area contributed by atoms with Crippen molar-refractivity contribution >= 4 is 15.7 Å². The average molecular weight is 398 g/mol. The number of halogens is 2. The fourth-order valence-electron chi connectivity index (χ4n) is 3.14. The molecule has 0 spiro atoms. The highest BCUT2D eigenvalue weighted by Crippen LogP contribution is 2.21. The summed E-state index contributed by atoms with van der Waals surface area (Å²) in [7, 11) is -4.14. The number of nitro groups is 1. The molecule has 0 amide bonds. The fourth-order valence-corrected chi connectivity index (χ4v) is 4.66. The molecule has 1 saturated heterocycles. The maximum Gasteiger partial charge on any atom is 0.278 e. The molecule has 0 aliphatic carbocycles. The Bertz CT molecular complexity index is 960. The smallest absolute Gasteiger partial charge is 0.278 e. The molecule has 0 saturated carbocycles. The molecule has 10 heteroatoms. The van der Waals surface area contributed by atoms with Gasteiger partial charge in [0.05, 0.1) is 36.7 Å². The summed E-state index contributed by atoms with van der Waals surface area (Å²) in [5.74, 6) is -1.82. The lowest BCUT2D eigenvalue weighted by Gasteiger charge is -2.31. The fraction of sp³-hybridized carbons (Fsp3) is 0.294. The van der Waals surface area contributed by atoms with Gasteiger partial charge in [-0.3, -0.25) is 10.1 Å². The Kier molecular flexibility index (Phi) is 5.49. The van der Waals surface area contributed by atoms with Crippen molar-refractivity contribution in [3.8, 4) is 0 Å². The van der Waals surface area contributed by atoms with E-state index in [0.717, 1.165) is 21.3 Å². The molecule has 1 N–H and O–H groups in total. The number of sulfonamides is 1. The van der Waals surface area contributed by atoms with Crippen LogP contribution in [0.3, 0.4) is 0 Å². The van der Waals surface area contributed by atoms with Gasteiger partial charge in [-0.15, -0.1) is 0 Å². The second kappa shape index (κ2) is 7.67. The number of benzene rings is 2. The van der Waals surface area contributed by atoms with Crippen LogP contribution in [0.4, 0.5) is 14.5 Å². The lowest BCUT2D eigenvalue weighted by Crippen LogP contribution is -3.13. The average Bonchev–Trinajstić information content (AvgIpc) is 2.64. The van der Waals surface area contributed by atoms with Crippen LogP contribution in [0.25, 0.3) is 0 Å². The number of nitrogens with zero attached hydrogens (tertiary/aromatic N) is 2. The molecule has 1 aliphatic heterocycles. The Morgan fingerprint density at radius 1 is 1.11 bits per heavy atom. The molecule has 0 bridgehead atoms. The molecule has 2 aromatic carbocycles. The van der Waals surface area contributed by atoms with Gasteiger partial charge < -0.3 is 4.90 Å². The van der Waals surface area contributed by atoms with Crippen molar-refractivity contribution in [1.29, 1.82) is 0 Å².